The topological polar surface area (TPSA) is 561 Å². The van der Waals surface area contributed by atoms with Gasteiger partial charge in [0.15, 0.2) is 18.9 Å². The molecular weight excluding hydrogens is 1480 g/mol. The number of aliphatic hydroxyl groups is 10. The maximum absolute atomic E-state index is 13.9. The maximum atomic E-state index is 13.9. The minimum atomic E-state index is -1.56. The van der Waals surface area contributed by atoms with Gasteiger partial charge in [0.2, 0.25) is 53.2 Å². The number of fused-ring (bicyclic) bond motifs is 1. The molecule has 0 bridgehead atoms. The fourth-order valence-corrected chi connectivity index (χ4v) is 12.7. The first-order chi connectivity index (χ1) is 53.5. The van der Waals surface area contributed by atoms with Gasteiger partial charge in [-0.05, 0) is 70.9 Å². The van der Waals surface area contributed by atoms with Crippen LogP contribution in [0.4, 0.5) is 0 Å². The summed E-state index contributed by atoms with van der Waals surface area (Å²) in [5.74, 6) is -5.89. The van der Waals surface area contributed by atoms with E-state index in [0.717, 1.165) is 16.5 Å². The number of unbranched alkanes of at least 4 members (excludes halogenated alkanes) is 3. The van der Waals surface area contributed by atoms with Gasteiger partial charge in [0.05, 0.1) is 117 Å². The van der Waals surface area contributed by atoms with Crippen molar-refractivity contribution in [3.63, 3.8) is 0 Å². The molecule has 39 heteroatoms. The summed E-state index contributed by atoms with van der Waals surface area (Å²) in [4.78, 5) is 117. The molecule has 3 aliphatic rings. The van der Waals surface area contributed by atoms with Crippen LogP contribution in [0.25, 0.3) is 10.9 Å². The number of carbonyl (C=O) groups is 9. The van der Waals surface area contributed by atoms with Crippen molar-refractivity contribution in [1.82, 2.24) is 52.4 Å². The van der Waals surface area contributed by atoms with Crippen molar-refractivity contribution in [3.8, 4) is 0 Å². The van der Waals surface area contributed by atoms with E-state index in [1.807, 2.05) is 39.0 Å². The summed E-state index contributed by atoms with van der Waals surface area (Å²) in [5, 5.41) is 127. The van der Waals surface area contributed by atoms with Crippen LogP contribution < -0.4 is 47.9 Å². The number of ether oxygens (including phenoxy) is 10. The Hall–Kier alpha value is -6.81. The van der Waals surface area contributed by atoms with E-state index in [-0.39, 0.29) is 130 Å². The lowest BCUT2D eigenvalue weighted by Crippen LogP contribution is -2.64. The normalized spacial score (nSPS) is 24.8. The number of rotatable bonds is 52. The van der Waals surface area contributed by atoms with Crippen LogP contribution in [0.5, 0.6) is 0 Å². The van der Waals surface area contributed by atoms with Crippen molar-refractivity contribution in [3.05, 3.63) is 36.0 Å². The van der Waals surface area contributed by atoms with E-state index in [1.54, 1.807) is 0 Å². The number of nitrogens with one attached hydrogen (secondary N) is 9. The number of nitrogens with zero attached hydrogens (tertiary/aromatic N) is 1. The Labute approximate surface area is 651 Å². The van der Waals surface area contributed by atoms with Crippen molar-refractivity contribution >= 4 is 64.1 Å². The van der Waals surface area contributed by atoms with Crippen molar-refractivity contribution in [2.75, 3.05) is 119 Å². The third-order valence-electron chi connectivity index (χ3n) is 18.4. The van der Waals surface area contributed by atoms with Gasteiger partial charge < -0.3 is 151 Å². The lowest BCUT2D eigenvalue weighted by atomic mass is 9.96. The Bertz CT molecular complexity index is 3170. The Balaban J connectivity index is 1.16. The Morgan fingerprint density at radius 2 is 0.938 bits per heavy atom. The molecule has 5 rings (SSSR count). The van der Waals surface area contributed by atoms with Gasteiger partial charge in [-0.2, -0.15) is 0 Å². The fourth-order valence-electron chi connectivity index (χ4n) is 12.7. The van der Waals surface area contributed by atoms with Crippen LogP contribution in [-0.4, -0.2) is 337 Å². The monoisotopic (exact) mass is 1600 g/mol. The molecule has 18 atom stereocenters. The molecule has 4 heterocycles. The lowest BCUT2D eigenvalue weighted by Gasteiger charge is -2.42. The number of hydrogen-bond donors (Lipinski definition) is 19. The molecule has 0 saturated carbocycles. The zero-order valence-corrected chi connectivity index (χ0v) is 64.9. The van der Waals surface area contributed by atoms with Gasteiger partial charge in [0.1, 0.15) is 72.9 Å². The summed E-state index contributed by atoms with van der Waals surface area (Å²) in [6.07, 6.45) is -11.2. The highest BCUT2D eigenvalue weighted by Crippen LogP contribution is 2.27. The van der Waals surface area contributed by atoms with Gasteiger partial charge in [0.25, 0.3) is 0 Å². The Kier molecular flexibility index (Phi) is 43.8. The second-order valence-electron chi connectivity index (χ2n) is 28.6. The van der Waals surface area contributed by atoms with Crippen LogP contribution in [0.15, 0.2) is 30.5 Å². The van der Waals surface area contributed by atoms with Gasteiger partial charge >= 0.3 is 0 Å². The second kappa shape index (κ2) is 51.2. The molecule has 1 aromatic heterocycles. The zero-order chi connectivity index (χ0) is 82.3. The van der Waals surface area contributed by atoms with Gasteiger partial charge in [0, 0.05) is 95.7 Å². The van der Waals surface area contributed by atoms with Crippen molar-refractivity contribution in [2.24, 2.45) is 5.92 Å². The first-order valence-electron chi connectivity index (χ1n) is 38.2. The first-order valence-corrected chi connectivity index (χ1v) is 38.2. The van der Waals surface area contributed by atoms with Gasteiger partial charge in [-0.15, -0.1) is 0 Å². The number of amides is 9. The standard InChI is InChI=1S/C73H122N10O29/c1-43(88)78-59-65(98)62(95)47(38-84)42-109-70(59)106-33-30-104-28-25-76-68(101)50(19-21-56(92)75-24-27-103-31-34-107-71-60(79-44(2)89)66(99)63(96)53(40-86)110-71)82-58(94)22-20-51(69(102)77-26-29-105-32-35-108-72-61(80-45(3)90)67(100)64(97)54(41-87)111-72)81-57(93)18-10-8-7-9-17-55(91)74-23-13-14-46-36-83(52-16-12-11-15-49(46)52)37-48(39-85)112-73(4,5)6/h11-12,15-16,36,47-48,50-51,53-54,59-67,70-72,84-87,95-100H,7-10,13-14,17-35,37-42H2,1-6H3,(H,74,91)(H,75,92)(H,76,101)(H,77,102)(H,78,88)(H,79,89)(H,80,90)(H,81,93)(H,82,94)/t47?,48-,50?,51?,53?,54?,59?,60?,61?,62?,63?,64?,65?,66?,67?,70?,71?,72?/m1/s1. The number of benzene rings is 1. The van der Waals surface area contributed by atoms with E-state index in [2.05, 4.69) is 64.7 Å². The van der Waals surface area contributed by atoms with Crippen LogP contribution >= 0.6 is 0 Å². The van der Waals surface area contributed by atoms with E-state index in [4.69, 9.17) is 47.4 Å². The van der Waals surface area contributed by atoms with Gasteiger partial charge in [-0.3, -0.25) is 43.2 Å². The quantitative estimate of drug-likeness (QED) is 0.0274. The summed E-state index contributed by atoms with van der Waals surface area (Å²) in [7, 11) is 0. The highest BCUT2D eigenvalue weighted by Gasteiger charge is 2.47. The summed E-state index contributed by atoms with van der Waals surface area (Å²) in [6, 6.07) is 1.77. The zero-order valence-electron chi connectivity index (χ0n) is 64.9. The first kappa shape index (κ1) is 95.8. The summed E-state index contributed by atoms with van der Waals surface area (Å²) in [5.41, 5.74) is 1.70. The largest absolute Gasteiger partial charge is 0.396 e. The third kappa shape index (κ3) is 33.9. The molecule has 0 aliphatic carbocycles. The minimum Gasteiger partial charge on any atom is -0.396 e. The fraction of sp³-hybridized carbons (Fsp3) is 0.767. The van der Waals surface area contributed by atoms with Crippen molar-refractivity contribution in [2.45, 2.75) is 235 Å². The number of aromatic nitrogens is 1. The molecule has 2 aromatic rings. The SMILES string of the molecule is CC(=O)NC1C(OCCOCCNC(=O)C(CCC(=O)NCCOCCOC2OC(CO)C(O)C(O)C2NC(C)=O)NC(=O)CCC(NC(=O)CCCCCCC(=O)NCCCc2cn(C[C@H](CO)OC(C)(C)C)c3ccccc23)C(=O)NCCOCCOC2OC(CO)C(O)C(O)C2NC(C)=O)OCC(CO)C(O)C1O. The van der Waals surface area contributed by atoms with E-state index in [9.17, 15) is 94.2 Å². The Morgan fingerprint density at radius 3 is 1.42 bits per heavy atom. The smallest absolute Gasteiger partial charge is 0.242 e. The molecule has 3 aliphatic heterocycles. The number of aryl methyl sites for hydroxylation is 1. The molecule has 3 saturated heterocycles. The molecule has 19 N–H and O–H groups in total. The number of carbonyl (C=O) groups excluding carboxylic acids is 9. The molecule has 17 unspecified atom stereocenters. The van der Waals surface area contributed by atoms with E-state index < -0.39 is 189 Å². The van der Waals surface area contributed by atoms with E-state index in [1.165, 1.54) is 20.8 Å². The molecule has 39 nitrogen and oxygen atoms in total. The second-order valence-corrected chi connectivity index (χ2v) is 28.6. The lowest BCUT2D eigenvalue weighted by molar-refractivity contribution is -0.272. The van der Waals surface area contributed by atoms with E-state index >= 15 is 0 Å². The molecule has 0 radical (unpaired) electrons. The van der Waals surface area contributed by atoms with Gasteiger partial charge in [-0.25, -0.2) is 0 Å². The average molecular weight is 1600 g/mol. The summed E-state index contributed by atoms with van der Waals surface area (Å²) in [6.45, 7) is 6.92. The molecular formula is C73H122N10O29. The molecule has 3 fully saturated rings. The van der Waals surface area contributed by atoms with Crippen LogP contribution in [0, 0.1) is 5.92 Å². The van der Waals surface area contributed by atoms with Crippen LogP contribution in [0.2, 0.25) is 0 Å². The predicted molar refractivity (Wildman–Crippen MR) is 395 cm³/mol. The number of para-hydroxylation sites is 1. The highest BCUT2D eigenvalue weighted by atomic mass is 16.7. The molecule has 112 heavy (non-hydrogen) atoms. The van der Waals surface area contributed by atoms with Crippen molar-refractivity contribution < 1.29 is 142 Å². The van der Waals surface area contributed by atoms with Crippen molar-refractivity contribution in [1.29, 1.82) is 0 Å². The van der Waals surface area contributed by atoms with Crippen LogP contribution in [0.1, 0.15) is 118 Å². The third-order valence-corrected chi connectivity index (χ3v) is 18.4. The average Bonchev–Trinajstić information content (AvgIpc) is 1.77. The highest BCUT2D eigenvalue weighted by molar-refractivity contribution is 5.90. The molecule has 9 amide bonds. The predicted octanol–water partition coefficient (Wildman–Crippen LogP) is -5.74. The van der Waals surface area contributed by atoms with Gasteiger partial charge in [-0.1, -0.05) is 31.0 Å². The van der Waals surface area contributed by atoms with E-state index in [0.29, 0.717) is 51.6 Å². The summed E-state index contributed by atoms with van der Waals surface area (Å²) >= 11 is 0. The van der Waals surface area contributed by atoms with Crippen LogP contribution in [-0.2, 0) is 103 Å². The number of aliphatic hydroxyl groups excluding tert-OH is 10. The molecule has 638 valence electrons. The maximum Gasteiger partial charge on any atom is 0.242 e. The number of hydrogen-bond acceptors (Lipinski definition) is 29. The minimum absolute atomic E-state index is 0.0208. The molecule has 1 aromatic carbocycles. The molecule has 0 spiro atoms. The Morgan fingerprint density at radius 1 is 0.500 bits per heavy atom. The summed E-state index contributed by atoms with van der Waals surface area (Å²) < 4.78 is 58.9. The van der Waals surface area contributed by atoms with Crippen LogP contribution in [0.3, 0.4) is 0 Å².